The van der Waals surface area contributed by atoms with E-state index in [0.717, 1.165) is 10.8 Å². The standard InChI is InChI=1S/C13H14O3/c1-3-16-12-8-11(14)13(15-2)10-7-5-4-6-9(10)12/h4-8,14H,3H2,1-2H3. The van der Waals surface area contributed by atoms with Crippen LogP contribution in [-0.4, -0.2) is 18.8 Å². The molecule has 84 valence electrons. The Bertz CT molecular complexity index is 506. The van der Waals surface area contributed by atoms with E-state index in [9.17, 15) is 5.11 Å². The monoisotopic (exact) mass is 218 g/mol. The molecular weight excluding hydrogens is 204 g/mol. The average Bonchev–Trinajstić information content (AvgIpc) is 2.30. The smallest absolute Gasteiger partial charge is 0.168 e. The quantitative estimate of drug-likeness (QED) is 0.860. The van der Waals surface area contributed by atoms with Crippen LogP contribution in [0.2, 0.25) is 0 Å². The summed E-state index contributed by atoms with van der Waals surface area (Å²) in [5.74, 6) is 1.26. The first-order valence-electron chi connectivity index (χ1n) is 5.19. The van der Waals surface area contributed by atoms with Crippen LogP contribution >= 0.6 is 0 Å². The average molecular weight is 218 g/mol. The number of aromatic hydroxyl groups is 1. The van der Waals surface area contributed by atoms with Gasteiger partial charge in [-0.2, -0.15) is 0 Å². The van der Waals surface area contributed by atoms with E-state index in [0.29, 0.717) is 18.1 Å². The topological polar surface area (TPSA) is 38.7 Å². The molecule has 0 radical (unpaired) electrons. The Morgan fingerprint density at radius 1 is 1.19 bits per heavy atom. The molecule has 2 rings (SSSR count). The third kappa shape index (κ3) is 1.65. The molecule has 16 heavy (non-hydrogen) atoms. The number of rotatable bonds is 3. The minimum absolute atomic E-state index is 0.102. The minimum atomic E-state index is 0.102. The van der Waals surface area contributed by atoms with E-state index in [4.69, 9.17) is 9.47 Å². The van der Waals surface area contributed by atoms with Crippen molar-refractivity contribution in [1.29, 1.82) is 0 Å². The van der Waals surface area contributed by atoms with Gasteiger partial charge in [-0.05, 0) is 6.92 Å². The van der Waals surface area contributed by atoms with Gasteiger partial charge in [-0.1, -0.05) is 24.3 Å². The zero-order valence-corrected chi connectivity index (χ0v) is 9.36. The Hall–Kier alpha value is -1.90. The zero-order chi connectivity index (χ0) is 11.5. The molecule has 0 atom stereocenters. The lowest BCUT2D eigenvalue weighted by Gasteiger charge is -2.12. The van der Waals surface area contributed by atoms with Gasteiger partial charge in [-0.15, -0.1) is 0 Å². The van der Waals surface area contributed by atoms with Gasteiger partial charge < -0.3 is 14.6 Å². The largest absolute Gasteiger partial charge is 0.504 e. The van der Waals surface area contributed by atoms with Crippen LogP contribution in [0.3, 0.4) is 0 Å². The normalized spacial score (nSPS) is 10.4. The molecule has 0 aliphatic rings. The van der Waals surface area contributed by atoms with Crippen molar-refractivity contribution < 1.29 is 14.6 Å². The first kappa shape index (κ1) is 10.6. The lowest BCUT2D eigenvalue weighted by Crippen LogP contribution is -1.94. The summed E-state index contributed by atoms with van der Waals surface area (Å²) in [6.45, 7) is 2.48. The predicted molar refractivity (Wildman–Crippen MR) is 63.3 cm³/mol. The molecule has 3 nitrogen and oxygen atoms in total. The molecule has 2 aromatic carbocycles. The van der Waals surface area contributed by atoms with Crippen LogP contribution in [0.4, 0.5) is 0 Å². The van der Waals surface area contributed by atoms with Crippen LogP contribution in [0.25, 0.3) is 10.8 Å². The number of ether oxygens (including phenoxy) is 2. The van der Waals surface area contributed by atoms with E-state index < -0.39 is 0 Å². The van der Waals surface area contributed by atoms with Crippen LogP contribution < -0.4 is 9.47 Å². The maximum absolute atomic E-state index is 9.81. The summed E-state index contributed by atoms with van der Waals surface area (Å²) < 4.78 is 10.7. The van der Waals surface area contributed by atoms with Crippen LogP contribution in [-0.2, 0) is 0 Å². The highest BCUT2D eigenvalue weighted by Gasteiger charge is 2.11. The third-order valence-electron chi connectivity index (χ3n) is 2.44. The second-order valence-corrected chi connectivity index (χ2v) is 3.41. The summed E-state index contributed by atoms with van der Waals surface area (Å²) >= 11 is 0. The van der Waals surface area contributed by atoms with Gasteiger partial charge in [0, 0.05) is 16.8 Å². The van der Waals surface area contributed by atoms with Gasteiger partial charge in [0.15, 0.2) is 11.5 Å². The first-order valence-corrected chi connectivity index (χ1v) is 5.19. The van der Waals surface area contributed by atoms with Crippen molar-refractivity contribution in [2.24, 2.45) is 0 Å². The number of phenolic OH excluding ortho intramolecular Hbond substituents is 1. The number of hydrogen-bond donors (Lipinski definition) is 1. The van der Waals surface area contributed by atoms with Crippen molar-refractivity contribution in [3.05, 3.63) is 30.3 Å². The van der Waals surface area contributed by atoms with E-state index in [-0.39, 0.29) is 5.75 Å². The molecule has 0 saturated heterocycles. The maximum Gasteiger partial charge on any atom is 0.168 e. The van der Waals surface area contributed by atoms with E-state index in [1.807, 2.05) is 31.2 Å². The van der Waals surface area contributed by atoms with Gasteiger partial charge in [0.25, 0.3) is 0 Å². The van der Waals surface area contributed by atoms with Crippen molar-refractivity contribution >= 4 is 10.8 Å². The van der Waals surface area contributed by atoms with Crippen LogP contribution in [0.5, 0.6) is 17.2 Å². The molecule has 0 amide bonds. The van der Waals surface area contributed by atoms with E-state index in [1.165, 1.54) is 0 Å². The Balaban J connectivity index is 2.75. The minimum Gasteiger partial charge on any atom is -0.504 e. The fourth-order valence-corrected chi connectivity index (χ4v) is 1.79. The number of fused-ring (bicyclic) bond motifs is 1. The van der Waals surface area contributed by atoms with Crippen molar-refractivity contribution in [3.8, 4) is 17.2 Å². The molecule has 0 spiro atoms. The summed E-state index contributed by atoms with van der Waals surface area (Å²) in [6.07, 6.45) is 0. The maximum atomic E-state index is 9.81. The van der Waals surface area contributed by atoms with Gasteiger partial charge in [0.1, 0.15) is 5.75 Å². The Morgan fingerprint density at radius 2 is 1.88 bits per heavy atom. The van der Waals surface area contributed by atoms with Gasteiger partial charge in [0.2, 0.25) is 0 Å². The molecule has 0 fully saturated rings. The summed E-state index contributed by atoms with van der Waals surface area (Å²) in [6, 6.07) is 9.27. The Kier molecular flexibility index (Phi) is 2.86. The Labute approximate surface area is 94.2 Å². The van der Waals surface area contributed by atoms with Gasteiger partial charge >= 0.3 is 0 Å². The number of benzene rings is 2. The SMILES string of the molecule is CCOc1cc(O)c(OC)c2ccccc12. The lowest BCUT2D eigenvalue weighted by molar-refractivity contribution is 0.337. The molecule has 0 bridgehead atoms. The predicted octanol–water partition coefficient (Wildman–Crippen LogP) is 2.95. The van der Waals surface area contributed by atoms with Crippen molar-refractivity contribution in [2.45, 2.75) is 6.92 Å². The van der Waals surface area contributed by atoms with E-state index in [2.05, 4.69) is 0 Å². The Morgan fingerprint density at radius 3 is 2.50 bits per heavy atom. The molecule has 0 aliphatic heterocycles. The highest BCUT2D eigenvalue weighted by molar-refractivity contribution is 5.95. The fourth-order valence-electron chi connectivity index (χ4n) is 1.79. The van der Waals surface area contributed by atoms with Crippen molar-refractivity contribution in [2.75, 3.05) is 13.7 Å². The molecule has 0 aromatic heterocycles. The second kappa shape index (κ2) is 4.31. The van der Waals surface area contributed by atoms with Gasteiger partial charge in [-0.3, -0.25) is 0 Å². The molecule has 0 saturated carbocycles. The molecule has 0 unspecified atom stereocenters. The highest BCUT2D eigenvalue weighted by Crippen LogP contribution is 2.40. The number of hydrogen-bond acceptors (Lipinski definition) is 3. The van der Waals surface area contributed by atoms with E-state index in [1.54, 1.807) is 13.2 Å². The van der Waals surface area contributed by atoms with Crippen LogP contribution in [0.1, 0.15) is 6.92 Å². The zero-order valence-electron chi connectivity index (χ0n) is 9.36. The highest BCUT2D eigenvalue weighted by atomic mass is 16.5. The molecule has 2 aromatic rings. The lowest BCUT2D eigenvalue weighted by atomic mass is 10.1. The molecule has 0 heterocycles. The first-order chi connectivity index (χ1) is 7.77. The summed E-state index contributed by atoms with van der Waals surface area (Å²) in [5, 5.41) is 11.6. The molecular formula is C13H14O3. The van der Waals surface area contributed by atoms with Gasteiger partial charge in [-0.25, -0.2) is 0 Å². The number of methoxy groups -OCH3 is 1. The van der Waals surface area contributed by atoms with E-state index >= 15 is 0 Å². The summed E-state index contributed by atoms with van der Waals surface area (Å²) in [4.78, 5) is 0. The van der Waals surface area contributed by atoms with Crippen LogP contribution in [0, 0.1) is 0 Å². The van der Waals surface area contributed by atoms with Gasteiger partial charge in [0.05, 0.1) is 13.7 Å². The van der Waals surface area contributed by atoms with Crippen LogP contribution in [0.15, 0.2) is 30.3 Å². The molecule has 3 heteroatoms. The number of phenols is 1. The molecule has 1 N–H and O–H groups in total. The second-order valence-electron chi connectivity index (χ2n) is 3.41. The van der Waals surface area contributed by atoms with Crippen molar-refractivity contribution in [1.82, 2.24) is 0 Å². The fraction of sp³-hybridized carbons (Fsp3) is 0.231. The van der Waals surface area contributed by atoms with Crippen molar-refractivity contribution in [3.63, 3.8) is 0 Å². The third-order valence-corrected chi connectivity index (χ3v) is 2.44. The summed E-state index contributed by atoms with van der Waals surface area (Å²) in [5.41, 5.74) is 0. The molecule has 0 aliphatic carbocycles. The summed E-state index contributed by atoms with van der Waals surface area (Å²) in [7, 11) is 1.54.